The first kappa shape index (κ1) is 12.6. The highest BCUT2D eigenvalue weighted by atomic mass is 32.1. The molecule has 0 aliphatic carbocycles. The zero-order chi connectivity index (χ0) is 13.9. The van der Waals surface area contributed by atoms with E-state index in [0.29, 0.717) is 0 Å². The van der Waals surface area contributed by atoms with Crippen LogP contribution in [0.5, 0.6) is 0 Å². The largest absolute Gasteiger partial charge is 0.478 e. The van der Waals surface area contributed by atoms with Crippen LogP contribution in [-0.4, -0.2) is 11.1 Å². The Hall–Kier alpha value is -2.39. The van der Waals surface area contributed by atoms with Gasteiger partial charge in [0, 0.05) is 16.5 Å². The molecule has 1 aromatic heterocycles. The van der Waals surface area contributed by atoms with E-state index in [4.69, 9.17) is 5.11 Å². The van der Waals surface area contributed by atoms with Gasteiger partial charge in [0.15, 0.2) is 0 Å². The fourth-order valence-electron chi connectivity index (χ4n) is 2.28. The van der Waals surface area contributed by atoms with Crippen LogP contribution in [0.25, 0.3) is 28.0 Å². The van der Waals surface area contributed by atoms with Crippen molar-refractivity contribution in [3.63, 3.8) is 0 Å². The summed E-state index contributed by atoms with van der Waals surface area (Å²) in [6.07, 6.45) is 2.84. The molecule has 1 N–H and O–H groups in total. The van der Waals surface area contributed by atoms with E-state index in [1.165, 1.54) is 16.8 Å². The third kappa shape index (κ3) is 2.36. The van der Waals surface area contributed by atoms with Crippen LogP contribution in [0.15, 0.2) is 60.0 Å². The average Bonchev–Trinajstić information content (AvgIpc) is 2.92. The molecule has 0 aliphatic rings. The molecule has 0 amide bonds. The van der Waals surface area contributed by atoms with Crippen molar-refractivity contribution in [1.29, 1.82) is 0 Å². The van der Waals surface area contributed by atoms with Gasteiger partial charge in [-0.15, -0.1) is 11.3 Å². The summed E-state index contributed by atoms with van der Waals surface area (Å²) in [6, 6.07) is 16.4. The first-order valence-corrected chi connectivity index (χ1v) is 7.10. The lowest BCUT2D eigenvalue weighted by molar-refractivity contribution is -0.131. The van der Waals surface area contributed by atoms with Gasteiger partial charge in [0.1, 0.15) is 0 Å². The van der Waals surface area contributed by atoms with Gasteiger partial charge in [0.05, 0.1) is 0 Å². The summed E-state index contributed by atoms with van der Waals surface area (Å²) >= 11 is 1.54. The predicted molar refractivity (Wildman–Crippen MR) is 83.9 cm³/mol. The van der Waals surface area contributed by atoms with Gasteiger partial charge in [-0.05, 0) is 33.9 Å². The second-order valence-corrected chi connectivity index (χ2v) is 5.34. The smallest absolute Gasteiger partial charge is 0.328 e. The molecule has 0 saturated carbocycles. The number of carbonyl (C=O) groups is 1. The Morgan fingerprint density at radius 1 is 1.00 bits per heavy atom. The highest BCUT2D eigenvalue weighted by Crippen LogP contribution is 2.34. The Balaban J connectivity index is 2.17. The second kappa shape index (κ2) is 5.31. The van der Waals surface area contributed by atoms with Crippen molar-refractivity contribution < 1.29 is 9.90 Å². The average molecular weight is 280 g/mol. The van der Waals surface area contributed by atoms with Crippen LogP contribution in [0.4, 0.5) is 0 Å². The molecule has 20 heavy (non-hydrogen) atoms. The van der Waals surface area contributed by atoms with Crippen LogP contribution in [0.1, 0.15) is 4.88 Å². The van der Waals surface area contributed by atoms with Crippen molar-refractivity contribution in [2.24, 2.45) is 0 Å². The van der Waals surface area contributed by atoms with E-state index in [1.54, 1.807) is 17.4 Å². The monoisotopic (exact) mass is 280 g/mol. The first-order chi connectivity index (χ1) is 9.75. The van der Waals surface area contributed by atoms with Gasteiger partial charge >= 0.3 is 5.97 Å². The minimum absolute atomic E-state index is 0.928. The fourth-order valence-corrected chi connectivity index (χ4v) is 3.08. The molecule has 0 spiro atoms. The van der Waals surface area contributed by atoms with Crippen molar-refractivity contribution in [2.75, 3.05) is 0 Å². The van der Waals surface area contributed by atoms with E-state index in [9.17, 15) is 4.79 Å². The first-order valence-electron chi connectivity index (χ1n) is 6.22. The number of fused-ring (bicyclic) bond motifs is 1. The van der Waals surface area contributed by atoms with Gasteiger partial charge in [-0.2, -0.15) is 0 Å². The summed E-state index contributed by atoms with van der Waals surface area (Å²) in [5.74, 6) is -0.928. The van der Waals surface area contributed by atoms with Crippen LogP contribution in [0.3, 0.4) is 0 Å². The van der Waals surface area contributed by atoms with E-state index >= 15 is 0 Å². The minimum atomic E-state index is -0.928. The lowest BCUT2D eigenvalue weighted by Gasteiger charge is -2.06. The van der Waals surface area contributed by atoms with E-state index in [2.05, 4.69) is 24.3 Å². The second-order valence-electron chi connectivity index (χ2n) is 4.40. The number of hydrogen-bond acceptors (Lipinski definition) is 2. The zero-order valence-electron chi connectivity index (χ0n) is 10.6. The van der Waals surface area contributed by atoms with Crippen LogP contribution in [0.2, 0.25) is 0 Å². The third-order valence-corrected chi connectivity index (χ3v) is 4.03. The van der Waals surface area contributed by atoms with Crippen LogP contribution in [-0.2, 0) is 4.79 Å². The molecule has 0 saturated heterocycles. The highest BCUT2D eigenvalue weighted by molar-refractivity contribution is 7.11. The number of hydrogen-bond donors (Lipinski definition) is 1. The molecular formula is C17H12O2S. The maximum absolute atomic E-state index is 10.7. The normalized spacial score (nSPS) is 11.2. The molecule has 0 fully saturated rings. The Bertz CT molecular complexity index is 794. The van der Waals surface area contributed by atoms with E-state index < -0.39 is 5.97 Å². The van der Waals surface area contributed by atoms with Crippen LogP contribution >= 0.6 is 11.3 Å². The molecule has 3 aromatic rings. The van der Waals surface area contributed by atoms with Crippen molar-refractivity contribution in [1.82, 2.24) is 0 Å². The highest BCUT2D eigenvalue weighted by Gasteiger charge is 2.08. The Morgan fingerprint density at radius 3 is 2.65 bits per heavy atom. The number of thiophene rings is 1. The SMILES string of the molecule is O=C(O)C=Cc1sccc1-c1cccc2ccccc12. The molecule has 0 aliphatic heterocycles. The van der Waals surface area contributed by atoms with Gasteiger partial charge < -0.3 is 5.11 Å². The molecule has 2 aromatic carbocycles. The lowest BCUT2D eigenvalue weighted by atomic mass is 9.99. The van der Waals surface area contributed by atoms with E-state index in [1.807, 2.05) is 29.6 Å². The summed E-state index contributed by atoms with van der Waals surface area (Å²) < 4.78 is 0. The molecule has 2 nitrogen and oxygen atoms in total. The minimum Gasteiger partial charge on any atom is -0.478 e. The molecule has 1 heterocycles. The van der Waals surface area contributed by atoms with Gasteiger partial charge in [0.25, 0.3) is 0 Å². The number of benzene rings is 2. The molecule has 0 radical (unpaired) electrons. The van der Waals surface area contributed by atoms with E-state index in [-0.39, 0.29) is 0 Å². The summed E-state index contributed by atoms with van der Waals surface area (Å²) in [4.78, 5) is 11.6. The summed E-state index contributed by atoms with van der Waals surface area (Å²) in [6.45, 7) is 0. The van der Waals surface area contributed by atoms with Gasteiger partial charge in [-0.3, -0.25) is 0 Å². The number of carboxylic acids is 1. The molecule has 98 valence electrons. The van der Waals surface area contributed by atoms with Crippen LogP contribution in [0, 0.1) is 0 Å². The van der Waals surface area contributed by atoms with Gasteiger partial charge in [-0.25, -0.2) is 4.79 Å². The topological polar surface area (TPSA) is 37.3 Å². The molecule has 3 rings (SSSR count). The summed E-state index contributed by atoms with van der Waals surface area (Å²) in [7, 11) is 0. The van der Waals surface area contributed by atoms with Crippen molar-refractivity contribution in [3.8, 4) is 11.1 Å². The van der Waals surface area contributed by atoms with E-state index in [0.717, 1.165) is 16.0 Å². The third-order valence-electron chi connectivity index (χ3n) is 3.15. The number of carboxylic acid groups (broad SMARTS) is 1. The number of aliphatic carboxylic acids is 1. The lowest BCUT2D eigenvalue weighted by Crippen LogP contribution is -1.86. The predicted octanol–water partition coefficient (Wildman–Crippen LogP) is 4.67. The quantitative estimate of drug-likeness (QED) is 0.708. The molecule has 0 atom stereocenters. The van der Waals surface area contributed by atoms with Gasteiger partial charge in [-0.1, -0.05) is 42.5 Å². The molecule has 0 unspecified atom stereocenters. The zero-order valence-corrected chi connectivity index (χ0v) is 11.4. The fraction of sp³-hybridized carbons (Fsp3) is 0. The standard InChI is InChI=1S/C17H12O2S/c18-17(19)9-8-16-15(10-11-20-16)14-7-3-5-12-4-1-2-6-13(12)14/h1-11H,(H,18,19). The maximum atomic E-state index is 10.7. The Labute approximate surface area is 120 Å². The Morgan fingerprint density at radius 2 is 1.80 bits per heavy atom. The maximum Gasteiger partial charge on any atom is 0.328 e. The van der Waals surface area contributed by atoms with Crippen molar-refractivity contribution >= 4 is 34.2 Å². The molecular weight excluding hydrogens is 268 g/mol. The summed E-state index contributed by atoms with van der Waals surface area (Å²) in [5.41, 5.74) is 2.21. The molecule has 0 bridgehead atoms. The van der Waals surface area contributed by atoms with Crippen molar-refractivity contribution in [3.05, 3.63) is 64.9 Å². The van der Waals surface area contributed by atoms with Crippen LogP contribution < -0.4 is 0 Å². The number of rotatable bonds is 3. The van der Waals surface area contributed by atoms with Gasteiger partial charge in [0.2, 0.25) is 0 Å². The van der Waals surface area contributed by atoms with Crippen molar-refractivity contribution in [2.45, 2.75) is 0 Å². The summed E-state index contributed by atoms with van der Waals surface area (Å²) in [5, 5.41) is 13.1. The molecule has 3 heteroatoms. The Kier molecular flexibility index (Phi) is 3.35.